The van der Waals surface area contributed by atoms with Crippen LogP contribution in [0.3, 0.4) is 0 Å². The summed E-state index contributed by atoms with van der Waals surface area (Å²) < 4.78 is 1.19. The van der Waals surface area contributed by atoms with Crippen LogP contribution in [-0.4, -0.2) is 4.43 Å². The molecule has 0 bridgehead atoms. The zero-order valence-electron chi connectivity index (χ0n) is 10.2. The number of alkyl halides is 1. The summed E-state index contributed by atoms with van der Waals surface area (Å²) in [7, 11) is 0. The number of rotatable bonds is 4. The van der Waals surface area contributed by atoms with Gasteiger partial charge in [-0.2, -0.15) is 0 Å². The van der Waals surface area contributed by atoms with E-state index in [2.05, 4.69) is 74.6 Å². The first kappa shape index (κ1) is 13.0. The maximum atomic E-state index is 2.46. The van der Waals surface area contributed by atoms with Crippen molar-refractivity contribution in [1.29, 1.82) is 0 Å². The van der Waals surface area contributed by atoms with Gasteiger partial charge in [0.1, 0.15) is 0 Å². The molecule has 1 aromatic rings. The van der Waals surface area contributed by atoms with Crippen LogP contribution in [0.15, 0.2) is 24.3 Å². The summed E-state index contributed by atoms with van der Waals surface area (Å²) in [5.41, 5.74) is 3.25. The molecule has 0 aliphatic heterocycles. The van der Waals surface area contributed by atoms with E-state index in [1.165, 1.54) is 22.0 Å². The molecule has 0 heterocycles. The van der Waals surface area contributed by atoms with Crippen LogP contribution in [0.1, 0.15) is 51.2 Å². The van der Waals surface area contributed by atoms with E-state index in [-0.39, 0.29) is 0 Å². The molecular weight excluding hydrogens is 295 g/mol. The fourth-order valence-electron chi connectivity index (χ4n) is 1.56. The van der Waals surface area contributed by atoms with Gasteiger partial charge in [-0.25, -0.2) is 0 Å². The van der Waals surface area contributed by atoms with Crippen LogP contribution in [0.5, 0.6) is 0 Å². The molecule has 0 saturated carbocycles. The molecule has 0 spiro atoms. The van der Waals surface area contributed by atoms with Crippen LogP contribution < -0.4 is 0 Å². The van der Waals surface area contributed by atoms with Crippen LogP contribution in [0, 0.1) is 0 Å². The Morgan fingerprint density at radius 2 is 2.00 bits per heavy atom. The van der Waals surface area contributed by atoms with E-state index in [4.69, 9.17) is 0 Å². The second-order valence-electron chi connectivity index (χ2n) is 4.92. The van der Waals surface area contributed by atoms with Gasteiger partial charge in [-0.05, 0) is 28.9 Å². The molecule has 0 radical (unpaired) electrons. The second kappa shape index (κ2) is 5.33. The molecule has 1 heteroatoms. The third-order valence-corrected chi connectivity index (χ3v) is 4.67. The molecule has 84 valence electrons. The highest BCUT2D eigenvalue weighted by molar-refractivity contribution is 14.1. The number of halogens is 1. The Morgan fingerprint density at radius 3 is 2.53 bits per heavy atom. The Morgan fingerprint density at radius 1 is 1.33 bits per heavy atom. The SMILES string of the molecule is CCC(C)(C)c1cccc(C(C)CI)c1. The van der Waals surface area contributed by atoms with E-state index in [1.54, 1.807) is 0 Å². The van der Waals surface area contributed by atoms with Crippen LogP contribution in [-0.2, 0) is 5.41 Å². The Bertz CT molecular complexity index is 315. The topological polar surface area (TPSA) is 0 Å². The minimum absolute atomic E-state index is 0.307. The maximum absolute atomic E-state index is 2.46. The van der Waals surface area contributed by atoms with E-state index in [0.717, 1.165) is 0 Å². The normalized spacial score (nSPS) is 13.9. The molecule has 0 fully saturated rings. The molecule has 1 aromatic carbocycles. The smallest absolute Gasteiger partial charge is 0.00616 e. The predicted molar refractivity (Wildman–Crippen MR) is 77.1 cm³/mol. The van der Waals surface area contributed by atoms with Crippen molar-refractivity contribution in [3.05, 3.63) is 35.4 Å². The lowest BCUT2D eigenvalue weighted by atomic mass is 9.81. The highest BCUT2D eigenvalue weighted by atomic mass is 127. The lowest BCUT2D eigenvalue weighted by Gasteiger charge is -2.24. The Hall–Kier alpha value is -0.0500. The molecule has 0 N–H and O–H groups in total. The van der Waals surface area contributed by atoms with Crippen molar-refractivity contribution in [1.82, 2.24) is 0 Å². The number of hydrogen-bond acceptors (Lipinski definition) is 0. The molecule has 1 rings (SSSR count). The van der Waals surface area contributed by atoms with Crippen molar-refractivity contribution in [2.24, 2.45) is 0 Å². The summed E-state index contributed by atoms with van der Waals surface area (Å²) in [4.78, 5) is 0. The van der Waals surface area contributed by atoms with E-state index < -0.39 is 0 Å². The van der Waals surface area contributed by atoms with Crippen molar-refractivity contribution in [2.75, 3.05) is 4.43 Å². The van der Waals surface area contributed by atoms with Gasteiger partial charge in [-0.1, -0.05) is 74.6 Å². The second-order valence-corrected chi connectivity index (χ2v) is 5.80. The van der Waals surface area contributed by atoms with Crippen LogP contribution in [0.25, 0.3) is 0 Å². The fraction of sp³-hybridized carbons (Fsp3) is 0.571. The first-order valence-electron chi connectivity index (χ1n) is 5.67. The lowest BCUT2D eigenvalue weighted by Crippen LogP contribution is -2.15. The molecular formula is C14H21I. The molecule has 1 unspecified atom stereocenters. The minimum Gasteiger partial charge on any atom is -0.0857 e. The van der Waals surface area contributed by atoms with Crippen molar-refractivity contribution in [2.45, 2.75) is 45.4 Å². The summed E-state index contributed by atoms with van der Waals surface area (Å²) >= 11 is 2.46. The first-order chi connectivity index (χ1) is 7.01. The zero-order valence-corrected chi connectivity index (χ0v) is 12.3. The van der Waals surface area contributed by atoms with Gasteiger partial charge < -0.3 is 0 Å². The van der Waals surface area contributed by atoms with Gasteiger partial charge in [0.2, 0.25) is 0 Å². The molecule has 0 nitrogen and oxygen atoms in total. The number of hydrogen-bond donors (Lipinski definition) is 0. The van der Waals surface area contributed by atoms with Gasteiger partial charge in [0.25, 0.3) is 0 Å². The summed E-state index contributed by atoms with van der Waals surface area (Å²) in [5.74, 6) is 0.665. The van der Waals surface area contributed by atoms with E-state index in [9.17, 15) is 0 Å². The summed E-state index contributed by atoms with van der Waals surface area (Å²) in [6.07, 6.45) is 1.19. The highest BCUT2D eigenvalue weighted by Gasteiger charge is 2.18. The van der Waals surface area contributed by atoms with Gasteiger partial charge in [-0.3, -0.25) is 0 Å². The quantitative estimate of drug-likeness (QED) is 0.547. The van der Waals surface area contributed by atoms with Crippen molar-refractivity contribution < 1.29 is 0 Å². The van der Waals surface area contributed by atoms with Crippen LogP contribution in [0.2, 0.25) is 0 Å². The van der Waals surface area contributed by atoms with Gasteiger partial charge in [0, 0.05) is 4.43 Å². The molecule has 0 saturated heterocycles. The average Bonchev–Trinajstić information content (AvgIpc) is 2.28. The zero-order chi connectivity index (χ0) is 11.5. The molecule has 15 heavy (non-hydrogen) atoms. The standard InChI is InChI=1S/C14H21I/c1-5-14(3,4)13-8-6-7-12(9-13)11(2)10-15/h6-9,11H,5,10H2,1-4H3. The molecule has 0 amide bonds. The Kier molecular flexibility index (Phi) is 4.63. The largest absolute Gasteiger partial charge is 0.0857 e. The van der Waals surface area contributed by atoms with Gasteiger partial charge >= 0.3 is 0 Å². The number of benzene rings is 1. The summed E-state index contributed by atoms with van der Waals surface area (Å²) in [6, 6.07) is 9.09. The van der Waals surface area contributed by atoms with E-state index in [1.807, 2.05) is 0 Å². The van der Waals surface area contributed by atoms with Crippen LogP contribution >= 0.6 is 22.6 Å². The third kappa shape index (κ3) is 3.20. The maximum Gasteiger partial charge on any atom is 0.00616 e. The highest BCUT2D eigenvalue weighted by Crippen LogP contribution is 2.29. The van der Waals surface area contributed by atoms with Gasteiger partial charge in [0.15, 0.2) is 0 Å². The van der Waals surface area contributed by atoms with E-state index in [0.29, 0.717) is 11.3 Å². The van der Waals surface area contributed by atoms with Crippen LogP contribution in [0.4, 0.5) is 0 Å². The van der Waals surface area contributed by atoms with Gasteiger partial charge in [0.05, 0.1) is 0 Å². The van der Waals surface area contributed by atoms with E-state index >= 15 is 0 Å². The van der Waals surface area contributed by atoms with Gasteiger partial charge in [-0.15, -0.1) is 0 Å². The monoisotopic (exact) mass is 316 g/mol. The third-order valence-electron chi connectivity index (χ3n) is 3.35. The lowest BCUT2D eigenvalue weighted by molar-refractivity contribution is 0.505. The Labute approximate surface area is 108 Å². The fourth-order valence-corrected chi connectivity index (χ4v) is 2.07. The molecule has 0 aliphatic carbocycles. The molecule has 0 aromatic heterocycles. The summed E-state index contributed by atoms with van der Waals surface area (Å²) in [5, 5.41) is 0. The first-order valence-corrected chi connectivity index (χ1v) is 7.20. The molecule has 1 atom stereocenters. The molecule has 0 aliphatic rings. The van der Waals surface area contributed by atoms with Crippen molar-refractivity contribution >= 4 is 22.6 Å². The van der Waals surface area contributed by atoms with Crippen molar-refractivity contribution in [3.63, 3.8) is 0 Å². The Balaban J connectivity index is 3.02. The predicted octanol–water partition coefficient (Wildman–Crippen LogP) is 4.91. The summed E-state index contributed by atoms with van der Waals surface area (Å²) in [6.45, 7) is 9.20. The van der Waals surface area contributed by atoms with Crippen molar-refractivity contribution in [3.8, 4) is 0 Å². The average molecular weight is 316 g/mol. The minimum atomic E-state index is 0.307.